The van der Waals surface area contributed by atoms with Crippen molar-refractivity contribution < 1.29 is 0 Å². The highest BCUT2D eigenvalue weighted by molar-refractivity contribution is 7.99. The van der Waals surface area contributed by atoms with Crippen LogP contribution in [0.5, 0.6) is 0 Å². The Hall–Kier alpha value is 0.270. The molecule has 11 heavy (non-hydrogen) atoms. The quantitative estimate of drug-likeness (QED) is 0.676. The fourth-order valence-corrected chi connectivity index (χ4v) is 2.46. The molecule has 1 fully saturated rings. The van der Waals surface area contributed by atoms with E-state index in [0.717, 1.165) is 24.4 Å². The lowest BCUT2D eigenvalue weighted by Gasteiger charge is -2.26. The summed E-state index contributed by atoms with van der Waals surface area (Å²) in [5, 5.41) is 4.22. The Balaban J connectivity index is 2.42. The van der Waals surface area contributed by atoms with Crippen LogP contribution >= 0.6 is 11.8 Å². The first kappa shape index (κ1) is 9.36. The number of nitrogens with one attached hydrogen (secondary N) is 1. The average Bonchev–Trinajstić information content (AvgIpc) is 2.50. The zero-order valence-electron chi connectivity index (χ0n) is 7.63. The summed E-state index contributed by atoms with van der Waals surface area (Å²) in [4.78, 5) is 2.43. The molecule has 1 saturated heterocycles. The van der Waals surface area contributed by atoms with Gasteiger partial charge in [0.15, 0.2) is 0 Å². The van der Waals surface area contributed by atoms with Crippen LogP contribution in [0.2, 0.25) is 0 Å². The molecule has 0 spiro atoms. The molecular formula is C8H18N2S. The van der Waals surface area contributed by atoms with E-state index < -0.39 is 0 Å². The molecular weight excluding hydrogens is 156 g/mol. The lowest BCUT2D eigenvalue weighted by Crippen LogP contribution is -2.39. The number of hydrogen-bond donors (Lipinski definition) is 1. The molecule has 2 unspecified atom stereocenters. The maximum Gasteiger partial charge on any atom is 0.0348 e. The topological polar surface area (TPSA) is 15.3 Å². The third kappa shape index (κ3) is 2.10. The molecule has 0 aromatic rings. The Morgan fingerprint density at radius 2 is 2.27 bits per heavy atom. The number of nitrogens with zero attached hydrogens (tertiary/aromatic N) is 1. The molecule has 1 aliphatic rings. The second-order valence-corrected chi connectivity index (χ2v) is 4.15. The van der Waals surface area contributed by atoms with Gasteiger partial charge in [-0.25, -0.2) is 0 Å². The van der Waals surface area contributed by atoms with Gasteiger partial charge in [0.1, 0.15) is 0 Å². The van der Waals surface area contributed by atoms with Gasteiger partial charge in [-0.3, -0.25) is 0 Å². The van der Waals surface area contributed by atoms with Crippen molar-refractivity contribution in [2.75, 3.05) is 32.9 Å². The second kappa shape index (κ2) is 4.33. The van der Waals surface area contributed by atoms with E-state index in [2.05, 4.69) is 30.4 Å². The summed E-state index contributed by atoms with van der Waals surface area (Å²) in [6.45, 7) is 5.71. The molecule has 3 heteroatoms. The van der Waals surface area contributed by atoms with Gasteiger partial charge in [0.05, 0.1) is 0 Å². The van der Waals surface area contributed by atoms with Gasteiger partial charge in [-0.1, -0.05) is 6.92 Å². The Bertz CT molecular complexity index is 119. The van der Waals surface area contributed by atoms with E-state index >= 15 is 0 Å². The third-order valence-electron chi connectivity index (χ3n) is 2.50. The summed E-state index contributed by atoms with van der Waals surface area (Å²) in [6, 6.07) is 0.745. The second-order valence-electron chi connectivity index (χ2n) is 3.07. The lowest BCUT2D eigenvalue weighted by atomic mass is 10.2. The Kier molecular flexibility index (Phi) is 3.69. The molecule has 1 aliphatic heterocycles. The highest BCUT2D eigenvalue weighted by Gasteiger charge is 2.28. The molecule has 66 valence electrons. The standard InChI is InChI=1S/C8H18N2S/c1-4-10(2)7-5-9-6-8(7)11-3/h7-9H,4-6H2,1-3H3. The van der Waals surface area contributed by atoms with Crippen molar-refractivity contribution in [3.63, 3.8) is 0 Å². The van der Waals surface area contributed by atoms with Crippen LogP contribution in [0.15, 0.2) is 0 Å². The van der Waals surface area contributed by atoms with E-state index in [-0.39, 0.29) is 0 Å². The lowest BCUT2D eigenvalue weighted by molar-refractivity contribution is 0.275. The first-order chi connectivity index (χ1) is 5.29. The van der Waals surface area contributed by atoms with Crippen LogP contribution < -0.4 is 5.32 Å². The van der Waals surface area contributed by atoms with Crippen molar-refractivity contribution in [3.05, 3.63) is 0 Å². The van der Waals surface area contributed by atoms with Crippen LogP contribution in [0.4, 0.5) is 0 Å². The summed E-state index contributed by atoms with van der Waals surface area (Å²) in [5.74, 6) is 0. The van der Waals surface area contributed by atoms with Crippen LogP contribution in [0.3, 0.4) is 0 Å². The van der Waals surface area contributed by atoms with Crippen molar-refractivity contribution in [3.8, 4) is 0 Å². The van der Waals surface area contributed by atoms with E-state index in [9.17, 15) is 0 Å². The van der Waals surface area contributed by atoms with E-state index in [1.54, 1.807) is 0 Å². The molecule has 0 aromatic heterocycles. The fourth-order valence-electron chi connectivity index (χ4n) is 1.56. The van der Waals surface area contributed by atoms with Crippen molar-refractivity contribution in [1.82, 2.24) is 10.2 Å². The maximum atomic E-state index is 3.43. The van der Waals surface area contributed by atoms with Crippen LogP contribution in [0, 0.1) is 0 Å². The Labute approximate surface area is 73.7 Å². The van der Waals surface area contributed by atoms with Gasteiger partial charge in [-0.15, -0.1) is 0 Å². The van der Waals surface area contributed by atoms with Gasteiger partial charge >= 0.3 is 0 Å². The van der Waals surface area contributed by atoms with Gasteiger partial charge in [-0.05, 0) is 19.8 Å². The van der Waals surface area contributed by atoms with Crippen LogP contribution in [-0.2, 0) is 0 Å². The third-order valence-corrected chi connectivity index (χ3v) is 3.58. The average molecular weight is 174 g/mol. The molecule has 0 bridgehead atoms. The van der Waals surface area contributed by atoms with Gasteiger partial charge in [0.25, 0.3) is 0 Å². The largest absolute Gasteiger partial charge is 0.314 e. The fraction of sp³-hybridized carbons (Fsp3) is 1.00. The number of thioether (sulfide) groups is 1. The predicted molar refractivity (Wildman–Crippen MR) is 52.3 cm³/mol. The maximum absolute atomic E-state index is 3.43. The van der Waals surface area contributed by atoms with E-state index in [1.807, 2.05) is 11.8 Å². The Morgan fingerprint density at radius 1 is 1.55 bits per heavy atom. The minimum Gasteiger partial charge on any atom is -0.314 e. The molecule has 0 saturated carbocycles. The smallest absolute Gasteiger partial charge is 0.0348 e. The normalized spacial score (nSPS) is 31.6. The first-order valence-corrected chi connectivity index (χ1v) is 5.52. The molecule has 2 atom stereocenters. The zero-order valence-corrected chi connectivity index (χ0v) is 8.45. The van der Waals surface area contributed by atoms with E-state index in [4.69, 9.17) is 0 Å². The molecule has 0 radical (unpaired) electrons. The number of rotatable bonds is 3. The van der Waals surface area contributed by atoms with Crippen LogP contribution in [0.25, 0.3) is 0 Å². The summed E-state index contributed by atoms with van der Waals surface area (Å²) >= 11 is 1.98. The number of hydrogen-bond acceptors (Lipinski definition) is 3. The molecule has 2 nitrogen and oxygen atoms in total. The van der Waals surface area contributed by atoms with Gasteiger partial charge in [-0.2, -0.15) is 11.8 Å². The Morgan fingerprint density at radius 3 is 2.82 bits per heavy atom. The van der Waals surface area contributed by atoms with Gasteiger partial charge < -0.3 is 10.2 Å². The summed E-state index contributed by atoms with van der Waals surface area (Å²) in [6.07, 6.45) is 2.20. The molecule has 0 amide bonds. The predicted octanol–water partition coefficient (Wildman–Crippen LogP) is 0.641. The molecule has 1 N–H and O–H groups in total. The van der Waals surface area contributed by atoms with Crippen molar-refractivity contribution >= 4 is 11.8 Å². The molecule has 0 aromatic carbocycles. The van der Waals surface area contributed by atoms with Crippen molar-refractivity contribution in [1.29, 1.82) is 0 Å². The van der Waals surface area contributed by atoms with E-state index in [0.29, 0.717) is 0 Å². The molecule has 0 aliphatic carbocycles. The highest BCUT2D eigenvalue weighted by atomic mass is 32.2. The summed E-state index contributed by atoms with van der Waals surface area (Å²) < 4.78 is 0. The van der Waals surface area contributed by atoms with E-state index in [1.165, 1.54) is 6.54 Å². The van der Waals surface area contributed by atoms with Gasteiger partial charge in [0, 0.05) is 24.4 Å². The van der Waals surface area contributed by atoms with Gasteiger partial charge in [0.2, 0.25) is 0 Å². The minimum atomic E-state index is 0.745. The number of likely N-dealkylation sites (N-methyl/N-ethyl adjacent to an activating group) is 1. The monoisotopic (exact) mass is 174 g/mol. The van der Waals surface area contributed by atoms with Crippen molar-refractivity contribution in [2.24, 2.45) is 0 Å². The first-order valence-electron chi connectivity index (χ1n) is 4.23. The SMILES string of the molecule is CCN(C)C1CNCC1SC. The minimum absolute atomic E-state index is 0.745. The summed E-state index contributed by atoms with van der Waals surface area (Å²) in [7, 11) is 2.21. The molecule has 1 rings (SSSR count). The van der Waals surface area contributed by atoms with Crippen molar-refractivity contribution in [2.45, 2.75) is 18.2 Å². The zero-order chi connectivity index (χ0) is 8.27. The van der Waals surface area contributed by atoms with Crippen LogP contribution in [-0.4, -0.2) is 49.1 Å². The highest BCUT2D eigenvalue weighted by Crippen LogP contribution is 2.18. The summed E-state index contributed by atoms with van der Waals surface area (Å²) in [5.41, 5.74) is 0. The molecule has 1 heterocycles. The van der Waals surface area contributed by atoms with Crippen LogP contribution in [0.1, 0.15) is 6.92 Å².